The Hall–Kier alpha value is -1.77. The zero-order chi connectivity index (χ0) is 14.5. The highest BCUT2D eigenvalue weighted by molar-refractivity contribution is 5.93. The van der Waals surface area contributed by atoms with Gasteiger partial charge in [-0.2, -0.15) is 0 Å². The molecule has 0 N–H and O–H groups in total. The minimum Gasteiger partial charge on any atom is -0.497 e. The molecule has 0 radical (unpaired) electrons. The van der Waals surface area contributed by atoms with Crippen LogP contribution in [-0.2, 0) is 0 Å². The fourth-order valence-electron chi connectivity index (χ4n) is 2.60. The van der Waals surface area contributed by atoms with Crippen molar-refractivity contribution in [2.75, 3.05) is 25.1 Å². The third kappa shape index (κ3) is 3.03. The number of hydrogen-bond donors (Lipinski definition) is 0. The quantitative estimate of drug-likeness (QED) is 0.789. The number of aromatic nitrogens is 1. The summed E-state index contributed by atoms with van der Waals surface area (Å²) in [4.78, 5) is 7.09. The maximum atomic E-state index is 5.36. The highest BCUT2D eigenvalue weighted by Crippen LogP contribution is 2.30. The predicted octanol–water partition coefficient (Wildman–Crippen LogP) is 4.18. The van der Waals surface area contributed by atoms with Gasteiger partial charge in [-0.1, -0.05) is 13.8 Å². The Kier molecular flexibility index (Phi) is 4.83. The molecule has 1 aromatic heterocycles. The van der Waals surface area contributed by atoms with Crippen molar-refractivity contribution in [1.29, 1.82) is 0 Å². The number of benzene rings is 1. The van der Waals surface area contributed by atoms with Crippen molar-refractivity contribution in [2.24, 2.45) is 0 Å². The topological polar surface area (TPSA) is 25.4 Å². The van der Waals surface area contributed by atoms with E-state index in [1.807, 2.05) is 12.1 Å². The van der Waals surface area contributed by atoms with Gasteiger partial charge in [0.25, 0.3) is 0 Å². The molecule has 1 aromatic carbocycles. The van der Waals surface area contributed by atoms with Crippen LogP contribution in [0.15, 0.2) is 24.3 Å². The summed E-state index contributed by atoms with van der Waals surface area (Å²) in [5, 5.41) is 1.18. The van der Waals surface area contributed by atoms with Gasteiger partial charge in [0, 0.05) is 29.9 Å². The summed E-state index contributed by atoms with van der Waals surface area (Å²) in [5.41, 5.74) is 3.38. The van der Waals surface area contributed by atoms with Crippen LogP contribution in [0, 0.1) is 6.92 Å². The molecule has 3 nitrogen and oxygen atoms in total. The molecule has 0 saturated heterocycles. The van der Waals surface area contributed by atoms with Gasteiger partial charge < -0.3 is 9.64 Å². The molecule has 1 heterocycles. The monoisotopic (exact) mass is 272 g/mol. The first-order valence-corrected chi connectivity index (χ1v) is 7.40. The lowest BCUT2D eigenvalue weighted by molar-refractivity contribution is 0.415. The molecule has 0 spiro atoms. The average Bonchev–Trinajstić information content (AvgIpc) is 2.45. The van der Waals surface area contributed by atoms with Crippen molar-refractivity contribution in [3.05, 3.63) is 30.0 Å². The molecule has 2 aromatic rings. The Bertz CT molecular complexity index is 574. The van der Waals surface area contributed by atoms with Gasteiger partial charge >= 0.3 is 0 Å². The molecule has 0 aliphatic carbocycles. The SMILES string of the molecule is CCCN(CCC)c1cc(C)nc2ccc(OC)cc12. The Morgan fingerprint density at radius 2 is 1.80 bits per heavy atom. The van der Waals surface area contributed by atoms with Crippen LogP contribution in [0.25, 0.3) is 10.9 Å². The molecule has 0 bridgehead atoms. The molecule has 2 rings (SSSR count). The smallest absolute Gasteiger partial charge is 0.119 e. The normalized spacial score (nSPS) is 10.8. The first-order chi connectivity index (χ1) is 9.69. The molecule has 0 unspecified atom stereocenters. The summed E-state index contributed by atoms with van der Waals surface area (Å²) < 4.78 is 5.36. The predicted molar refractivity (Wildman–Crippen MR) is 85.8 cm³/mol. The van der Waals surface area contributed by atoms with E-state index in [0.717, 1.165) is 42.9 Å². The van der Waals surface area contributed by atoms with E-state index in [2.05, 4.69) is 42.8 Å². The third-order valence-electron chi connectivity index (χ3n) is 3.45. The number of rotatable bonds is 6. The van der Waals surface area contributed by atoms with E-state index in [9.17, 15) is 0 Å². The summed E-state index contributed by atoms with van der Waals surface area (Å²) >= 11 is 0. The average molecular weight is 272 g/mol. The lowest BCUT2D eigenvalue weighted by Crippen LogP contribution is -2.25. The second-order valence-corrected chi connectivity index (χ2v) is 5.15. The maximum absolute atomic E-state index is 5.36. The van der Waals surface area contributed by atoms with Crippen LogP contribution < -0.4 is 9.64 Å². The van der Waals surface area contributed by atoms with Gasteiger partial charge in [-0.3, -0.25) is 4.98 Å². The minimum absolute atomic E-state index is 0.886. The van der Waals surface area contributed by atoms with Crippen LogP contribution in [0.5, 0.6) is 5.75 Å². The van der Waals surface area contributed by atoms with Gasteiger partial charge in [0.2, 0.25) is 0 Å². The van der Waals surface area contributed by atoms with Crippen LogP contribution in [0.3, 0.4) is 0 Å². The van der Waals surface area contributed by atoms with Crippen LogP contribution >= 0.6 is 0 Å². The zero-order valence-corrected chi connectivity index (χ0v) is 12.9. The third-order valence-corrected chi connectivity index (χ3v) is 3.45. The number of nitrogens with zero attached hydrogens (tertiary/aromatic N) is 2. The fraction of sp³-hybridized carbons (Fsp3) is 0.471. The molecule has 3 heteroatoms. The molecule has 20 heavy (non-hydrogen) atoms. The highest BCUT2D eigenvalue weighted by atomic mass is 16.5. The van der Waals surface area contributed by atoms with Gasteiger partial charge in [0.1, 0.15) is 5.75 Å². The van der Waals surface area contributed by atoms with E-state index in [-0.39, 0.29) is 0 Å². The van der Waals surface area contributed by atoms with Gasteiger partial charge in [-0.25, -0.2) is 0 Å². The fourth-order valence-corrected chi connectivity index (χ4v) is 2.60. The molecule has 108 valence electrons. The lowest BCUT2D eigenvalue weighted by Gasteiger charge is -2.25. The first kappa shape index (κ1) is 14.6. The van der Waals surface area contributed by atoms with E-state index < -0.39 is 0 Å². The number of aryl methyl sites for hydroxylation is 1. The van der Waals surface area contributed by atoms with Crippen molar-refractivity contribution in [2.45, 2.75) is 33.6 Å². The zero-order valence-electron chi connectivity index (χ0n) is 12.9. The van der Waals surface area contributed by atoms with Gasteiger partial charge in [-0.15, -0.1) is 0 Å². The van der Waals surface area contributed by atoms with E-state index in [1.54, 1.807) is 7.11 Å². The van der Waals surface area contributed by atoms with Gasteiger partial charge in [0.05, 0.1) is 12.6 Å². The van der Waals surface area contributed by atoms with Crippen LogP contribution in [0.2, 0.25) is 0 Å². The largest absolute Gasteiger partial charge is 0.497 e. The standard InChI is InChI=1S/C17H24N2O/c1-5-9-19(10-6-2)17-11-13(3)18-16-8-7-14(20-4)12-15(16)17/h7-8,11-12H,5-6,9-10H2,1-4H3. The van der Waals surface area contributed by atoms with Crippen LogP contribution in [-0.4, -0.2) is 25.2 Å². The Morgan fingerprint density at radius 3 is 2.40 bits per heavy atom. The van der Waals surface area contributed by atoms with Crippen molar-refractivity contribution in [1.82, 2.24) is 4.98 Å². The number of pyridine rings is 1. The second-order valence-electron chi connectivity index (χ2n) is 5.15. The maximum Gasteiger partial charge on any atom is 0.119 e. The molecule has 0 atom stereocenters. The summed E-state index contributed by atoms with van der Waals surface area (Å²) in [6.45, 7) is 8.65. The molecule has 0 amide bonds. The van der Waals surface area contributed by atoms with E-state index >= 15 is 0 Å². The highest BCUT2D eigenvalue weighted by Gasteiger charge is 2.11. The molecule has 0 aliphatic rings. The Morgan fingerprint density at radius 1 is 1.10 bits per heavy atom. The Balaban J connectivity index is 2.58. The summed E-state index contributed by atoms with van der Waals surface area (Å²) in [6, 6.07) is 8.30. The molecular weight excluding hydrogens is 248 g/mol. The molecular formula is C17H24N2O. The van der Waals surface area contributed by atoms with Crippen LogP contribution in [0.4, 0.5) is 5.69 Å². The van der Waals surface area contributed by atoms with Crippen molar-refractivity contribution in [3.63, 3.8) is 0 Å². The minimum atomic E-state index is 0.886. The van der Waals surface area contributed by atoms with Crippen molar-refractivity contribution >= 4 is 16.6 Å². The number of ether oxygens (including phenoxy) is 1. The van der Waals surface area contributed by atoms with Crippen LogP contribution in [0.1, 0.15) is 32.4 Å². The summed E-state index contributed by atoms with van der Waals surface area (Å²) in [6.07, 6.45) is 2.29. The molecule has 0 fully saturated rings. The number of methoxy groups -OCH3 is 1. The van der Waals surface area contributed by atoms with Gasteiger partial charge in [0.15, 0.2) is 0 Å². The summed E-state index contributed by atoms with van der Waals surface area (Å²) in [5.74, 6) is 0.886. The second kappa shape index (κ2) is 6.60. The van der Waals surface area contributed by atoms with Crippen molar-refractivity contribution in [3.8, 4) is 5.75 Å². The number of fused-ring (bicyclic) bond motifs is 1. The van der Waals surface area contributed by atoms with E-state index in [0.29, 0.717) is 0 Å². The summed E-state index contributed by atoms with van der Waals surface area (Å²) in [7, 11) is 1.71. The number of anilines is 1. The lowest BCUT2D eigenvalue weighted by atomic mass is 10.1. The van der Waals surface area contributed by atoms with E-state index in [4.69, 9.17) is 4.74 Å². The first-order valence-electron chi connectivity index (χ1n) is 7.40. The molecule has 0 aliphatic heterocycles. The Labute approximate surface area is 121 Å². The van der Waals surface area contributed by atoms with Gasteiger partial charge in [-0.05, 0) is 44.0 Å². The number of hydrogen-bond acceptors (Lipinski definition) is 3. The molecule has 0 saturated carbocycles. The van der Waals surface area contributed by atoms with E-state index in [1.165, 1.54) is 11.1 Å². The van der Waals surface area contributed by atoms with Crippen molar-refractivity contribution < 1.29 is 4.74 Å².